The number of carbonyl (C=O) groups is 1. The minimum atomic E-state index is -0.910. The standard InChI is InChI=1S/C17H17NO2/c1-3-11-18(12-4-2)16-10-9-15(17(19)20)13-7-5-6-8-14(13)16/h3-10H,1-2,11-12H2,(H,19,20). The molecule has 0 saturated carbocycles. The molecule has 2 rings (SSSR count). The van der Waals surface area contributed by atoms with Gasteiger partial charge in [0, 0.05) is 24.2 Å². The summed E-state index contributed by atoms with van der Waals surface area (Å²) < 4.78 is 0. The Bertz CT molecular complexity index is 651. The van der Waals surface area contributed by atoms with Crippen LogP contribution >= 0.6 is 0 Å². The van der Waals surface area contributed by atoms with Crippen molar-refractivity contribution in [3.8, 4) is 0 Å². The molecule has 0 aliphatic carbocycles. The van der Waals surface area contributed by atoms with Gasteiger partial charge in [-0.05, 0) is 17.5 Å². The van der Waals surface area contributed by atoms with E-state index in [1.165, 1.54) is 0 Å². The third kappa shape index (κ3) is 2.57. The van der Waals surface area contributed by atoms with Gasteiger partial charge in [-0.2, -0.15) is 0 Å². The molecule has 0 unspecified atom stereocenters. The minimum Gasteiger partial charge on any atom is -0.478 e. The quantitative estimate of drug-likeness (QED) is 0.811. The van der Waals surface area contributed by atoms with Gasteiger partial charge < -0.3 is 10.0 Å². The second kappa shape index (κ2) is 6.06. The van der Waals surface area contributed by atoms with Gasteiger partial charge in [-0.3, -0.25) is 0 Å². The Labute approximate surface area is 118 Å². The molecule has 0 radical (unpaired) electrons. The summed E-state index contributed by atoms with van der Waals surface area (Å²) >= 11 is 0. The first-order chi connectivity index (χ1) is 9.69. The van der Waals surface area contributed by atoms with Crippen molar-refractivity contribution in [2.45, 2.75) is 0 Å². The van der Waals surface area contributed by atoms with Crippen molar-refractivity contribution < 1.29 is 9.90 Å². The number of fused-ring (bicyclic) bond motifs is 1. The predicted molar refractivity (Wildman–Crippen MR) is 83.5 cm³/mol. The van der Waals surface area contributed by atoms with Crippen molar-refractivity contribution in [2.75, 3.05) is 18.0 Å². The van der Waals surface area contributed by atoms with E-state index in [1.54, 1.807) is 6.07 Å². The number of carboxylic acids is 1. The number of nitrogens with zero attached hydrogens (tertiary/aromatic N) is 1. The van der Waals surface area contributed by atoms with E-state index in [0.29, 0.717) is 18.7 Å². The zero-order chi connectivity index (χ0) is 14.5. The molecule has 0 aliphatic rings. The fourth-order valence-electron chi connectivity index (χ4n) is 2.33. The molecule has 0 fully saturated rings. The van der Waals surface area contributed by atoms with Crippen LogP contribution in [0.2, 0.25) is 0 Å². The number of aromatic carboxylic acids is 1. The Morgan fingerprint density at radius 1 is 1.05 bits per heavy atom. The number of hydrogen-bond acceptors (Lipinski definition) is 2. The monoisotopic (exact) mass is 267 g/mol. The second-order valence-electron chi connectivity index (χ2n) is 4.47. The summed E-state index contributed by atoms with van der Waals surface area (Å²) in [5.74, 6) is -0.910. The molecule has 0 saturated heterocycles. The van der Waals surface area contributed by atoms with Crippen LogP contribution in [-0.2, 0) is 0 Å². The van der Waals surface area contributed by atoms with E-state index < -0.39 is 5.97 Å². The van der Waals surface area contributed by atoms with Crippen LogP contribution in [0.3, 0.4) is 0 Å². The summed E-state index contributed by atoms with van der Waals surface area (Å²) in [6.07, 6.45) is 3.65. The summed E-state index contributed by atoms with van der Waals surface area (Å²) in [6.45, 7) is 8.89. The minimum absolute atomic E-state index is 0.321. The summed E-state index contributed by atoms with van der Waals surface area (Å²) in [6, 6.07) is 11.0. The maximum Gasteiger partial charge on any atom is 0.336 e. The molecule has 0 aliphatic heterocycles. The van der Waals surface area contributed by atoms with E-state index in [9.17, 15) is 9.90 Å². The highest BCUT2D eigenvalue weighted by atomic mass is 16.4. The first kappa shape index (κ1) is 13.9. The lowest BCUT2D eigenvalue weighted by Gasteiger charge is -2.24. The van der Waals surface area contributed by atoms with Crippen molar-refractivity contribution in [3.05, 3.63) is 67.3 Å². The van der Waals surface area contributed by atoms with E-state index in [1.807, 2.05) is 42.5 Å². The Kier molecular flexibility index (Phi) is 4.20. The molecule has 20 heavy (non-hydrogen) atoms. The summed E-state index contributed by atoms with van der Waals surface area (Å²) in [4.78, 5) is 13.4. The maximum absolute atomic E-state index is 11.3. The van der Waals surface area contributed by atoms with Crippen molar-refractivity contribution in [1.82, 2.24) is 0 Å². The fourth-order valence-corrected chi connectivity index (χ4v) is 2.33. The zero-order valence-corrected chi connectivity index (χ0v) is 11.2. The molecule has 0 aromatic heterocycles. The first-order valence-electron chi connectivity index (χ1n) is 6.40. The smallest absolute Gasteiger partial charge is 0.336 e. The van der Waals surface area contributed by atoms with Gasteiger partial charge in [0.15, 0.2) is 0 Å². The van der Waals surface area contributed by atoms with Crippen molar-refractivity contribution in [1.29, 1.82) is 0 Å². The number of hydrogen-bond donors (Lipinski definition) is 1. The van der Waals surface area contributed by atoms with Crippen LogP contribution in [-0.4, -0.2) is 24.2 Å². The van der Waals surface area contributed by atoms with Gasteiger partial charge in [-0.1, -0.05) is 36.4 Å². The maximum atomic E-state index is 11.3. The van der Waals surface area contributed by atoms with Gasteiger partial charge in [0.05, 0.1) is 5.56 Å². The molecule has 0 amide bonds. The lowest BCUT2D eigenvalue weighted by atomic mass is 10.0. The molecule has 0 atom stereocenters. The average molecular weight is 267 g/mol. The number of benzene rings is 2. The molecule has 102 valence electrons. The molecule has 3 heteroatoms. The molecule has 1 N–H and O–H groups in total. The molecular weight excluding hydrogens is 250 g/mol. The molecule has 0 heterocycles. The van der Waals surface area contributed by atoms with E-state index >= 15 is 0 Å². The van der Waals surface area contributed by atoms with Gasteiger partial charge in [-0.15, -0.1) is 13.2 Å². The highest BCUT2D eigenvalue weighted by Gasteiger charge is 2.13. The predicted octanol–water partition coefficient (Wildman–Crippen LogP) is 3.72. The second-order valence-corrected chi connectivity index (χ2v) is 4.47. The van der Waals surface area contributed by atoms with Crippen LogP contribution in [0.4, 0.5) is 5.69 Å². The van der Waals surface area contributed by atoms with E-state index in [4.69, 9.17) is 0 Å². The van der Waals surface area contributed by atoms with Crippen molar-refractivity contribution in [2.24, 2.45) is 0 Å². The molecule has 0 spiro atoms. The topological polar surface area (TPSA) is 40.5 Å². The van der Waals surface area contributed by atoms with Crippen LogP contribution in [0.1, 0.15) is 10.4 Å². The van der Waals surface area contributed by atoms with E-state index in [-0.39, 0.29) is 0 Å². The molecule has 0 bridgehead atoms. The largest absolute Gasteiger partial charge is 0.478 e. The van der Waals surface area contributed by atoms with Gasteiger partial charge in [0.1, 0.15) is 0 Å². The van der Waals surface area contributed by atoms with Crippen LogP contribution in [0.25, 0.3) is 10.8 Å². The van der Waals surface area contributed by atoms with E-state index in [0.717, 1.165) is 16.5 Å². The Morgan fingerprint density at radius 2 is 1.65 bits per heavy atom. The lowest BCUT2D eigenvalue weighted by Crippen LogP contribution is -2.23. The third-order valence-electron chi connectivity index (χ3n) is 3.17. The third-order valence-corrected chi connectivity index (χ3v) is 3.17. The van der Waals surface area contributed by atoms with Gasteiger partial charge in [-0.25, -0.2) is 4.79 Å². The average Bonchev–Trinajstić information content (AvgIpc) is 2.45. The van der Waals surface area contributed by atoms with Gasteiger partial charge in [0.2, 0.25) is 0 Å². The normalized spacial score (nSPS) is 10.2. The van der Waals surface area contributed by atoms with Crippen molar-refractivity contribution in [3.63, 3.8) is 0 Å². The van der Waals surface area contributed by atoms with E-state index in [2.05, 4.69) is 18.1 Å². The highest BCUT2D eigenvalue weighted by molar-refractivity contribution is 6.07. The highest BCUT2D eigenvalue weighted by Crippen LogP contribution is 2.29. The summed E-state index contributed by atoms with van der Waals surface area (Å²) in [7, 11) is 0. The zero-order valence-electron chi connectivity index (χ0n) is 11.2. The van der Waals surface area contributed by atoms with Crippen molar-refractivity contribution >= 4 is 22.4 Å². The number of rotatable bonds is 6. The van der Waals surface area contributed by atoms with Crippen LogP contribution in [0.15, 0.2) is 61.7 Å². The SMILES string of the molecule is C=CCN(CC=C)c1ccc(C(=O)O)c2ccccc12. The van der Waals surface area contributed by atoms with Gasteiger partial charge in [0.25, 0.3) is 0 Å². The first-order valence-corrected chi connectivity index (χ1v) is 6.40. The molecular formula is C17H17NO2. The summed E-state index contributed by atoms with van der Waals surface area (Å²) in [5.41, 5.74) is 1.31. The lowest BCUT2D eigenvalue weighted by molar-refractivity contribution is 0.0699. The van der Waals surface area contributed by atoms with Crippen LogP contribution in [0, 0.1) is 0 Å². The van der Waals surface area contributed by atoms with Crippen LogP contribution < -0.4 is 4.90 Å². The Hall–Kier alpha value is -2.55. The number of carboxylic acid groups (broad SMARTS) is 1. The fraction of sp³-hybridized carbons (Fsp3) is 0.118. The number of anilines is 1. The van der Waals surface area contributed by atoms with Crippen LogP contribution in [0.5, 0.6) is 0 Å². The molecule has 2 aromatic rings. The molecule has 2 aromatic carbocycles. The van der Waals surface area contributed by atoms with Gasteiger partial charge >= 0.3 is 5.97 Å². The Morgan fingerprint density at radius 3 is 2.20 bits per heavy atom. The molecule has 3 nitrogen and oxygen atoms in total. The summed E-state index contributed by atoms with van der Waals surface area (Å²) in [5, 5.41) is 10.9. The Balaban J connectivity index is 2.65.